The van der Waals surface area contributed by atoms with Gasteiger partial charge < -0.3 is 10.3 Å². The number of aromatic nitrogens is 7. The van der Waals surface area contributed by atoms with Gasteiger partial charge in [0.15, 0.2) is 11.5 Å². The van der Waals surface area contributed by atoms with Gasteiger partial charge in [0.05, 0.1) is 24.4 Å². The Labute approximate surface area is 166 Å². The molecule has 0 aromatic carbocycles. The summed E-state index contributed by atoms with van der Waals surface area (Å²) >= 11 is 0. The van der Waals surface area contributed by atoms with Gasteiger partial charge in [-0.05, 0) is 24.8 Å². The van der Waals surface area contributed by atoms with E-state index < -0.39 is 5.82 Å². The van der Waals surface area contributed by atoms with Crippen molar-refractivity contribution in [2.24, 2.45) is 0 Å². The molecule has 9 heteroatoms. The Morgan fingerprint density at radius 3 is 2.97 bits per heavy atom. The topological polar surface area (TPSA) is 96.7 Å². The number of nitrogens with zero attached hydrogens (tertiary/aromatic N) is 6. The summed E-state index contributed by atoms with van der Waals surface area (Å²) in [4.78, 5) is 20.9. The molecular formula is C20H21FN8. The van der Waals surface area contributed by atoms with E-state index in [0.29, 0.717) is 23.0 Å². The molecule has 0 spiro atoms. The van der Waals surface area contributed by atoms with Gasteiger partial charge in [-0.1, -0.05) is 13.8 Å². The Morgan fingerprint density at radius 1 is 1.24 bits per heavy atom. The van der Waals surface area contributed by atoms with E-state index in [1.54, 1.807) is 17.0 Å². The summed E-state index contributed by atoms with van der Waals surface area (Å²) in [6.07, 6.45) is 8.99. The van der Waals surface area contributed by atoms with Crippen molar-refractivity contribution in [3.05, 3.63) is 53.8 Å². The lowest BCUT2D eigenvalue weighted by atomic mass is 9.96. The van der Waals surface area contributed by atoms with Gasteiger partial charge in [-0.25, -0.2) is 14.4 Å². The first kappa shape index (κ1) is 17.7. The lowest BCUT2D eigenvalue weighted by Gasteiger charge is -2.23. The van der Waals surface area contributed by atoms with Crippen LogP contribution in [0.5, 0.6) is 0 Å². The fourth-order valence-corrected chi connectivity index (χ4v) is 3.76. The second-order valence-electron chi connectivity index (χ2n) is 7.66. The van der Waals surface area contributed by atoms with Gasteiger partial charge in [0, 0.05) is 35.5 Å². The Bertz CT molecular complexity index is 1180. The lowest BCUT2D eigenvalue weighted by Crippen LogP contribution is -2.29. The molecule has 8 nitrogen and oxygen atoms in total. The average Bonchev–Trinajstić information content (AvgIpc) is 3.34. The van der Waals surface area contributed by atoms with Crippen LogP contribution in [0.3, 0.4) is 0 Å². The smallest absolute Gasteiger partial charge is 0.228 e. The first-order chi connectivity index (χ1) is 14.1. The number of fused-ring (bicyclic) bond motifs is 2. The molecule has 148 valence electrons. The molecule has 0 amide bonds. The minimum absolute atomic E-state index is 0.175. The van der Waals surface area contributed by atoms with E-state index in [1.165, 1.54) is 18.0 Å². The van der Waals surface area contributed by atoms with E-state index in [1.807, 2.05) is 6.20 Å². The fourth-order valence-electron chi connectivity index (χ4n) is 3.76. The van der Waals surface area contributed by atoms with Crippen LogP contribution >= 0.6 is 0 Å². The highest BCUT2D eigenvalue weighted by atomic mass is 19.1. The maximum atomic E-state index is 13.7. The van der Waals surface area contributed by atoms with Crippen LogP contribution in [0.4, 0.5) is 10.3 Å². The van der Waals surface area contributed by atoms with Gasteiger partial charge in [-0.3, -0.25) is 4.98 Å². The summed E-state index contributed by atoms with van der Waals surface area (Å²) in [5.74, 6) is 0.835. The summed E-state index contributed by atoms with van der Waals surface area (Å²) in [6, 6.07) is 1.57. The fraction of sp³-hybridized carbons (Fsp3) is 0.350. The molecule has 4 heterocycles. The van der Waals surface area contributed by atoms with E-state index in [4.69, 9.17) is 0 Å². The van der Waals surface area contributed by atoms with Gasteiger partial charge in [-0.15, -0.1) is 0 Å². The Hall–Kier alpha value is -3.36. The predicted octanol–water partition coefficient (Wildman–Crippen LogP) is 3.14. The van der Waals surface area contributed by atoms with E-state index in [0.717, 1.165) is 30.5 Å². The Balaban J connectivity index is 1.58. The van der Waals surface area contributed by atoms with Gasteiger partial charge in [-0.2, -0.15) is 14.6 Å². The molecule has 4 aromatic heterocycles. The lowest BCUT2D eigenvalue weighted by molar-refractivity contribution is 0.590. The quantitative estimate of drug-likeness (QED) is 0.554. The van der Waals surface area contributed by atoms with Crippen LogP contribution < -0.4 is 5.32 Å². The number of aryl methyl sites for hydroxylation is 1. The van der Waals surface area contributed by atoms with Crippen molar-refractivity contribution in [1.82, 2.24) is 34.5 Å². The molecule has 29 heavy (non-hydrogen) atoms. The third-order valence-electron chi connectivity index (χ3n) is 5.30. The van der Waals surface area contributed by atoms with Crippen LogP contribution in [0.2, 0.25) is 0 Å². The first-order valence-corrected chi connectivity index (χ1v) is 9.72. The summed E-state index contributed by atoms with van der Waals surface area (Å²) in [7, 11) is 0. The number of H-pyrrole nitrogens is 1. The number of rotatable bonds is 4. The molecule has 0 fully saturated rings. The highest BCUT2D eigenvalue weighted by Gasteiger charge is 2.23. The van der Waals surface area contributed by atoms with Crippen LogP contribution in [0, 0.1) is 5.82 Å². The van der Waals surface area contributed by atoms with E-state index in [2.05, 4.69) is 49.2 Å². The molecule has 0 saturated heterocycles. The minimum atomic E-state index is -0.420. The minimum Gasteiger partial charge on any atom is -0.351 e. The number of imidazole rings is 1. The number of nitrogens with one attached hydrogen (secondary N) is 2. The summed E-state index contributed by atoms with van der Waals surface area (Å²) in [5, 5.41) is 8.02. The van der Waals surface area contributed by atoms with Crippen molar-refractivity contribution < 1.29 is 4.39 Å². The van der Waals surface area contributed by atoms with Gasteiger partial charge >= 0.3 is 0 Å². The largest absolute Gasteiger partial charge is 0.351 e. The number of hydrogen-bond donors (Lipinski definition) is 2. The molecule has 1 aliphatic rings. The normalized spacial score (nSPS) is 16.3. The van der Waals surface area contributed by atoms with Gasteiger partial charge in [0.25, 0.3) is 0 Å². The second kappa shape index (κ2) is 6.91. The standard InChI is InChI=1S/C20H21FN8/c1-11(2)15-9-25-29-19(15)27-18(12-5-13(21)8-22-7-12)28-20(29)26-14-3-4-16-17(6-14)24-10-23-16/h5,7-11,14H,3-4,6H2,1-2H3,(H,23,24)(H,26,27,28). The summed E-state index contributed by atoms with van der Waals surface area (Å²) in [5.41, 5.74) is 4.54. The second-order valence-corrected chi connectivity index (χ2v) is 7.66. The van der Waals surface area contributed by atoms with Crippen molar-refractivity contribution >= 4 is 11.6 Å². The molecule has 0 saturated carbocycles. The number of aromatic amines is 1. The number of pyridine rings is 1. The SMILES string of the molecule is CC(C)c1cnn2c(NC3CCc4[nH]cnc4C3)nc(-c3cncc(F)c3)nc12. The van der Waals surface area contributed by atoms with Gasteiger partial charge in [0.2, 0.25) is 5.95 Å². The van der Waals surface area contributed by atoms with Crippen molar-refractivity contribution in [3.63, 3.8) is 0 Å². The van der Waals surface area contributed by atoms with Gasteiger partial charge in [0.1, 0.15) is 5.82 Å². The van der Waals surface area contributed by atoms with Crippen LogP contribution in [-0.2, 0) is 12.8 Å². The molecule has 1 atom stereocenters. The van der Waals surface area contributed by atoms with Crippen LogP contribution in [0.15, 0.2) is 31.0 Å². The van der Waals surface area contributed by atoms with Crippen molar-refractivity contribution in [2.75, 3.05) is 5.32 Å². The molecule has 0 aliphatic heterocycles. The number of anilines is 1. The van der Waals surface area contributed by atoms with Crippen LogP contribution in [0.1, 0.15) is 43.1 Å². The third-order valence-corrected chi connectivity index (χ3v) is 5.30. The molecule has 1 unspecified atom stereocenters. The average molecular weight is 392 g/mol. The molecule has 2 N–H and O–H groups in total. The summed E-state index contributed by atoms with van der Waals surface area (Å²) in [6.45, 7) is 4.19. The number of hydrogen-bond acceptors (Lipinski definition) is 6. The van der Waals surface area contributed by atoms with Crippen molar-refractivity contribution in [3.8, 4) is 11.4 Å². The first-order valence-electron chi connectivity index (χ1n) is 9.72. The molecule has 5 rings (SSSR count). The monoisotopic (exact) mass is 392 g/mol. The molecule has 0 bridgehead atoms. The Kier molecular flexibility index (Phi) is 4.22. The molecule has 0 radical (unpaired) electrons. The number of halogens is 1. The highest BCUT2D eigenvalue weighted by molar-refractivity contribution is 5.62. The zero-order valence-electron chi connectivity index (χ0n) is 16.2. The highest BCUT2D eigenvalue weighted by Crippen LogP contribution is 2.26. The van der Waals surface area contributed by atoms with Crippen LogP contribution in [-0.4, -0.2) is 40.6 Å². The molecule has 1 aliphatic carbocycles. The van der Waals surface area contributed by atoms with Crippen molar-refractivity contribution in [1.29, 1.82) is 0 Å². The third kappa shape index (κ3) is 3.22. The zero-order chi connectivity index (χ0) is 20.0. The van der Waals surface area contributed by atoms with E-state index in [9.17, 15) is 4.39 Å². The maximum Gasteiger partial charge on any atom is 0.228 e. The van der Waals surface area contributed by atoms with Crippen LogP contribution in [0.25, 0.3) is 17.0 Å². The Morgan fingerprint density at radius 2 is 2.14 bits per heavy atom. The predicted molar refractivity (Wildman–Crippen MR) is 106 cm³/mol. The molecule has 4 aromatic rings. The molecular weight excluding hydrogens is 371 g/mol. The van der Waals surface area contributed by atoms with Crippen molar-refractivity contribution in [2.45, 2.75) is 45.1 Å². The zero-order valence-corrected chi connectivity index (χ0v) is 16.2. The maximum absolute atomic E-state index is 13.7. The van der Waals surface area contributed by atoms with E-state index in [-0.39, 0.29) is 12.0 Å². The summed E-state index contributed by atoms with van der Waals surface area (Å²) < 4.78 is 15.5. The van der Waals surface area contributed by atoms with E-state index >= 15 is 0 Å².